The first kappa shape index (κ1) is 18.1. The van der Waals surface area contributed by atoms with Gasteiger partial charge in [0, 0.05) is 0 Å². The van der Waals surface area contributed by atoms with Gasteiger partial charge in [0.25, 0.3) is 0 Å². The molecule has 0 unspecified atom stereocenters. The summed E-state index contributed by atoms with van der Waals surface area (Å²) in [5, 5.41) is 2.09. The zero-order chi connectivity index (χ0) is 16.4. The molecule has 2 nitrogen and oxygen atoms in total. The van der Waals surface area contributed by atoms with Crippen LogP contribution in [0.15, 0.2) is 66.7 Å². The van der Waals surface area contributed by atoms with Gasteiger partial charge >= 0.3 is 6.36 Å². The van der Waals surface area contributed by atoms with E-state index < -0.39 is 12.4 Å². The summed E-state index contributed by atoms with van der Waals surface area (Å²) < 4.78 is 40.5. The van der Waals surface area contributed by atoms with Crippen LogP contribution in [0, 0.1) is 0 Å². The van der Waals surface area contributed by atoms with Crippen molar-refractivity contribution < 1.29 is 17.9 Å². The van der Waals surface area contributed by atoms with E-state index in [4.69, 9.17) is 5.73 Å². The van der Waals surface area contributed by atoms with Crippen molar-refractivity contribution in [3.63, 3.8) is 0 Å². The lowest BCUT2D eigenvalue weighted by Gasteiger charge is -2.16. The number of halogens is 4. The highest BCUT2D eigenvalue weighted by Crippen LogP contribution is 2.29. The molecule has 126 valence electrons. The van der Waals surface area contributed by atoms with Gasteiger partial charge in [-0.2, -0.15) is 0 Å². The summed E-state index contributed by atoms with van der Waals surface area (Å²) >= 11 is 0. The third kappa shape index (κ3) is 3.99. The third-order valence-electron chi connectivity index (χ3n) is 3.63. The van der Waals surface area contributed by atoms with Crippen molar-refractivity contribution in [2.45, 2.75) is 12.4 Å². The summed E-state index contributed by atoms with van der Waals surface area (Å²) in [7, 11) is 0. The highest BCUT2D eigenvalue weighted by molar-refractivity contribution is 5.86. The predicted molar refractivity (Wildman–Crippen MR) is 90.4 cm³/mol. The fourth-order valence-corrected chi connectivity index (χ4v) is 2.58. The Balaban J connectivity index is 0.00000208. The summed E-state index contributed by atoms with van der Waals surface area (Å²) in [5.41, 5.74) is 7.94. The Morgan fingerprint density at radius 3 is 2.12 bits per heavy atom. The smallest absolute Gasteiger partial charge is 0.406 e. The zero-order valence-corrected chi connectivity index (χ0v) is 13.3. The average molecular weight is 354 g/mol. The second-order valence-corrected chi connectivity index (χ2v) is 5.16. The van der Waals surface area contributed by atoms with Gasteiger partial charge in [-0.1, -0.05) is 54.6 Å². The van der Waals surface area contributed by atoms with Gasteiger partial charge in [-0.25, -0.2) is 0 Å². The summed E-state index contributed by atoms with van der Waals surface area (Å²) in [4.78, 5) is 0. The van der Waals surface area contributed by atoms with Gasteiger partial charge in [0.2, 0.25) is 0 Å². The van der Waals surface area contributed by atoms with Crippen molar-refractivity contribution in [2.24, 2.45) is 5.73 Å². The Morgan fingerprint density at radius 1 is 0.833 bits per heavy atom. The first-order valence-electron chi connectivity index (χ1n) is 7.03. The molecule has 2 N–H and O–H groups in total. The number of alkyl halides is 3. The van der Waals surface area contributed by atoms with E-state index >= 15 is 0 Å². The molecule has 0 spiro atoms. The van der Waals surface area contributed by atoms with Crippen LogP contribution in [0.2, 0.25) is 0 Å². The molecule has 0 aliphatic carbocycles. The van der Waals surface area contributed by atoms with Crippen molar-refractivity contribution in [2.75, 3.05) is 0 Å². The Kier molecular flexibility index (Phi) is 5.36. The van der Waals surface area contributed by atoms with E-state index in [-0.39, 0.29) is 18.2 Å². The van der Waals surface area contributed by atoms with E-state index in [0.717, 1.165) is 21.9 Å². The molecule has 0 saturated carbocycles. The molecule has 6 heteroatoms. The highest BCUT2D eigenvalue weighted by atomic mass is 35.5. The van der Waals surface area contributed by atoms with Gasteiger partial charge in [0.1, 0.15) is 5.75 Å². The van der Waals surface area contributed by atoms with Crippen LogP contribution >= 0.6 is 12.4 Å². The number of hydrogen-bond donors (Lipinski definition) is 1. The number of benzene rings is 3. The summed E-state index contributed by atoms with van der Waals surface area (Å²) in [6, 6.07) is 18.9. The lowest BCUT2D eigenvalue weighted by Crippen LogP contribution is -2.17. The Hall–Kier alpha value is -2.24. The zero-order valence-electron chi connectivity index (χ0n) is 12.5. The minimum atomic E-state index is -4.70. The fraction of sp³-hybridized carbons (Fsp3) is 0.111. The van der Waals surface area contributed by atoms with Gasteiger partial charge in [0.15, 0.2) is 0 Å². The van der Waals surface area contributed by atoms with Gasteiger partial charge in [-0.15, -0.1) is 25.6 Å². The van der Waals surface area contributed by atoms with Crippen LogP contribution in [0.5, 0.6) is 5.75 Å². The standard InChI is InChI=1S/C18H14F3NO.ClH/c19-18(20,21)23-14-10-8-13(9-11-14)17(22)16-7-3-5-12-4-1-2-6-15(12)16;/h1-11,17H,22H2;1H/t17-;/m0./s1. The molecule has 3 aromatic carbocycles. The molecule has 0 radical (unpaired) electrons. The maximum atomic E-state index is 12.2. The fourth-order valence-electron chi connectivity index (χ4n) is 2.58. The minimum absolute atomic E-state index is 0. The lowest BCUT2D eigenvalue weighted by molar-refractivity contribution is -0.274. The normalized spacial score (nSPS) is 12.5. The Bertz CT molecular complexity index is 813. The van der Waals surface area contributed by atoms with Gasteiger partial charge in [-0.3, -0.25) is 0 Å². The van der Waals surface area contributed by atoms with Crippen molar-refractivity contribution in [3.8, 4) is 5.75 Å². The van der Waals surface area contributed by atoms with Crippen LogP contribution in [0.3, 0.4) is 0 Å². The molecule has 0 amide bonds. The molecular weight excluding hydrogens is 339 g/mol. The molecule has 0 fully saturated rings. The maximum Gasteiger partial charge on any atom is 0.573 e. The summed E-state index contributed by atoms with van der Waals surface area (Å²) in [5.74, 6) is -0.258. The predicted octanol–water partition coefficient (Wildman–Crippen LogP) is 5.21. The van der Waals surface area contributed by atoms with E-state index in [1.807, 2.05) is 42.5 Å². The Labute approximate surface area is 143 Å². The minimum Gasteiger partial charge on any atom is -0.406 e. The van der Waals surface area contributed by atoms with Crippen LogP contribution in [-0.4, -0.2) is 6.36 Å². The topological polar surface area (TPSA) is 35.2 Å². The van der Waals surface area contributed by atoms with E-state index in [1.54, 1.807) is 12.1 Å². The highest BCUT2D eigenvalue weighted by Gasteiger charge is 2.31. The number of nitrogens with two attached hydrogens (primary N) is 1. The third-order valence-corrected chi connectivity index (χ3v) is 3.63. The van der Waals surface area contributed by atoms with E-state index in [9.17, 15) is 13.2 Å². The van der Waals surface area contributed by atoms with Crippen LogP contribution in [0.4, 0.5) is 13.2 Å². The molecule has 3 aromatic rings. The monoisotopic (exact) mass is 353 g/mol. The molecule has 0 saturated heterocycles. The molecular formula is C18H15ClF3NO. The molecule has 24 heavy (non-hydrogen) atoms. The first-order valence-corrected chi connectivity index (χ1v) is 7.03. The second-order valence-electron chi connectivity index (χ2n) is 5.16. The van der Waals surface area contributed by atoms with Crippen molar-refractivity contribution >= 4 is 23.2 Å². The molecule has 3 rings (SSSR count). The van der Waals surface area contributed by atoms with Crippen molar-refractivity contribution in [3.05, 3.63) is 77.9 Å². The number of rotatable bonds is 3. The van der Waals surface area contributed by atoms with Crippen LogP contribution in [-0.2, 0) is 0 Å². The summed E-state index contributed by atoms with van der Waals surface area (Å²) in [6.45, 7) is 0. The lowest BCUT2D eigenvalue weighted by atomic mass is 9.94. The molecule has 0 aromatic heterocycles. The summed E-state index contributed by atoms with van der Waals surface area (Å²) in [6.07, 6.45) is -4.70. The molecule has 0 heterocycles. The largest absolute Gasteiger partial charge is 0.573 e. The molecule has 1 atom stereocenters. The second kappa shape index (κ2) is 7.11. The van der Waals surface area contributed by atoms with Crippen LogP contribution < -0.4 is 10.5 Å². The SMILES string of the molecule is Cl.N[C@@H](c1ccc(OC(F)(F)F)cc1)c1cccc2ccccc12. The van der Waals surface area contributed by atoms with E-state index in [0.29, 0.717) is 0 Å². The quantitative estimate of drug-likeness (QED) is 0.701. The number of fused-ring (bicyclic) bond motifs is 1. The molecule has 0 aliphatic rings. The van der Waals surface area contributed by atoms with E-state index in [1.165, 1.54) is 12.1 Å². The van der Waals surface area contributed by atoms with Gasteiger partial charge in [-0.05, 0) is 34.0 Å². The number of hydrogen-bond acceptors (Lipinski definition) is 2. The first-order chi connectivity index (χ1) is 10.9. The van der Waals surface area contributed by atoms with E-state index in [2.05, 4.69) is 4.74 Å². The van der Waals surface area contributed by atoms with Crippen molar-refractivity contribution in [1.82, 2.24) is 0 Å². The van der Waals surface area contributed by atoms with Gasteiger partial charge in [0.05, 0.1) is 6.04 Å². The van der Waals surface area contributed by atoms with Crippen LogP contribution in [0.1, 0.15) is 17.2 Å². The number of ether oxygens (including phenoxy) is 1. The van der Waals surface area contributed by atoms with Crippen LogP contribution in [0.25, 0.3) is 10.8 Å². The van der Waals surface area contributed by atoms with Gasteiger partial charge < -0.3 is 10.5 Å². The van der Waals surface area contributed by atoms with Crippen molar-refractivity contribution in [1.29, 1.82) is 0 Å². The maximum absolute atomic E-state index is 12.2. The molecule has 0 bridgehead atoms. The average Bonchev–Trinajstić information content (AvgIpc) is 2.53. The molecule has 0 aliphatic heterocycles. The Morgan fingerprint density at radius 2 is 1.46 bits per heavy atom.